The maximum atomic E-state index is 2.49. The Hall–Kier alpha value is -0.720. The van der Waals surface area contributed by atoms with Gasteiger partial charge in [-0.3, -0.25) is 0 Å². The van der Waals surface area contributed by atoms with Gasteiger partial charge < -0.3 is 4.90 Å². The van der Waals surface area contributed by atoms with Crippen molar-refractivity contribution in [2.45, 2.75) is 38.1 Å². The maximum absolute atomic E-state index is 2.49. The molecule has 0 radical (unpaired) electrons. The minimum Gasteiger partial charge on any atom is -0.371 e. The molecule has 0 aromatic heterocycles. The van der Waals surface area contributed by atoms with E-state index in [0.29, 0.717) is 0 Å². The Balaban J connectivity index is 1.90. The molecule has 0 atom stereocenters. The van der Waals surface area contributed by atoms with E-state index in [9.17, 15) is 0 Å². The Morgan fingerprint density at radius 1 is 1.00 bits per heavy atom. The summed E-state index contributed by atoms with van der Waals surface area (Å²) in [5, 5.41) is 0. The molecule has 1 nitrogen and oxygen atoms in total. The molecular weight excluding hydrogens is 146 g/mol. The van der Waals surface area contributed by atoms with Crippen molar-refractivity contribution in [2.75, 3.05) is 6.54 Å². The van der Waals surface area contributed by atoms with Crippen molar-refractivity contribution in [3.8, 4) is 0 Å². The molecule has 0 N–H and O–H groups in total. The largest absolute Gasteiger partial charge is 0.371 e. The van der Waals surface area contributed by atoms with Crippen LogP contribution in [0.5, 0.6) is 0 Å². The zero-order valence-corrected chi connectivity index (χ0v) is 7.58. The number of hydrogen-bond donors (Lipinski definition) is 0. The monoisotopic (exact) mass is 163 g/mol. The van der Waals surface area contributed by atoms with Crippen molar-refractivity contribution in [1.82, 2.24) is 4.90 Å². The summed E-state index contributed by atoms with van der Waals surface area (Å²) in [5.74, 6) is 0. The van der Waals surface area contributed by atoms with E-state index in [2.05, 4.69) is 29.3 Å². The molecule has 0 aromatic rings. The van der Waals surface area contributed by atoms with Crippen LogP contribution in [0, 0.1) is 0 Å². The molecule has 0 unspecified atom stereocenters. The first-order valence-corrected chi connectivity index (χ1v) is 5.06. The van der Waals surface area contributed by atoms with Crippen molar-refractivity contribution in [2.24, 2.45) is 0 Å². The first-order chi connectivity index (χ1) is 5.97. The summed E-state index contributed by atoms with van der Waals surface area (Å²) >= 11 is 0. The molecule has 0 saturated heterocycles. The number of nitrogens with zero attached hydrogens (tertiary/aromatic N) is 1. The van der Waals surface area contributed by atoms with Gasteiger partial charge in [0.15, 0.2) is 0 Å². The smallest absolute Gasteiger partial charge is 0.0360 e. The van der Waals surface area contributed by atoms with Gasteiger partial charge in [0.1, 0.15) is 0 Å². The minimum absolute atomic E-state index is 0.833. The van der Waals surface area contributed by atoms with Crippen molar-refractivity contribution in [1.29, 1.82) is 0 Å². The van der Waals surface area contributed by atoms with Crippen LogP contribution in [0.2, 0.25) is 0 Å². The average Bonchev–Trinajstić information content (AvgIpc) is 2.21. The lowest BCUT2D eigenvalue weighted by molar-refractivity contribution is 0.233. The van der Waals surface area contributed by atoms with Crippen LogP contribution in [0.25, 0.3) is 0 Å². The van der Waals surface area contributed by atoms with E-state index in [1.807, 2.05) is 0 Å². The normalized spacial score (nSPS) is 24.8. The minimum atomic E-state index is 0.833. The highest BCUT2D eigenvalue weighted by molar-refractivity contribution is 5.09. The third-order valence-corrected chi connectivity index (χ3v) is 2.88. The summed E-state index contributed by atoms with van der Waals surface area (Å²) in [7, 11) is 0. The molecule has 0 bridgehead atoms. The Bertz CT molecular complexity index is 187. The van der Waals surface area contributed by atoms with Crippen LogP contribution in [0.4, 0.5) is 0 Å². The van der Waals surface area contributed by atoms with Gasteiger partial charge in [-0.1, -0.05) is 31.4 Å². The van der Waals surface area contributed by atoms with E-state index in [1.165, 1.54) is 32.1 Å². The van der Waals surface area contributed by atoms with Crippen molar-refractivity contribution in [3.05, 3.63) is 24.4 Å². The van der Waals surface area contributed by atoms with Crippen molar-refractivity contribution in [3.63, 3.8) is 0 Å². The van der Waals surface area contributed by atoms with Gasteiger partial charge in [-0.15, -0.1) is 0 Å². The zero-order valence-electron chi connectivity index (χ0n) is 7.58. The van der Waals surface area contributed by atoms with Crippen LogP contribution in [0.3, 0.4) is 0 Å². The molecular formula is C11H17N. The second-order valence-corrected chi connectivity index (χ2v) is 3.76. The van der Waals surface area contributed by atoms with E-state index < -0.39 is 0 Å². The van der Waals surface area contributed by atoms with Crippen LogP contribution in [0.15, 0.2) is 24.4 Å². The summed E-state index contributed by atoms with van der Waals surface area (Å²) in [6.45, 7) is 1.13. The molecule has 0 spiro atoms. The predicted molar refractivity (Wildman–Crippen MR) is 51.9 cm³/mol. The molecule has 2 rings (SSSR count). The SMILES string of the molecule is C1=CCN(C2CCCCC2)C=C1. The number of hydrogen-bond acceptors (Lipinski definition) is 1. The van der Waals surface area contributed by atoms with Crippen LogP contribution in [-0.2, 0) is 0 Å². The van der Waals surface area contributed by atoms with E-state index in [1.54, 1.807) is 0 Å². The maximum Gasteiger partial charge on any atom is 0.0360 e. The molecule has 66 valence electrons. The molecule has 2 aliphatic rings. The highest BCUT2D eigenvalue weighted by atomic mass is 15.1. The lowest BCUT2D eigenvalue weighted by Crippen LogP contribution is -2.33. The molecule has 1 aliphatic carbocycles. The summed E-state index contributed by atoms with van der Waals surface area (Å²) in [5.41, 5.74) is 0. The van der Waals surface area contributed by atoms with Crippen LogP contribution in [-0.4, -0.2) is 17.5 Å². The average molecular weight is 163 g/mol. The Labute approximate surface area is 74.8 Å². The predicted octanol–water partition coefficient (Wildman–Crippen LogP) is 2.70. The van der Waals surface area contributed by atoms with Gasteiger partial charge in [-0.2, -0.15) is 0 Å². The van der Waals surface area contributed by atoms with Gasteiger partial charge in [0.05, 0.1) is 0 Å². The van der Waals surface area contributed by atoms with Gasteiger partial charge in [0.25, 0.3) is 0 Å². The van der Waals surface area contributed by atoms with E-state index in [-0.39, 0.29) is 0 Å². The second-order valence-electron chi connectivity index (χ2n) is 3.76. The quantitative estimate of drug-likeness (QED) is 0.574. The Morgan fingerprint density at radius 2 is 1.83 bits per heavy atom. The first-order valence-electron chi connectivity index (χ1n) is 5.06. The second kappa shape index (κ2) is 3.79. The fraction of sp³-hybridized carbons (Fsp3) is 0.636. The third-order valence-electron chi connectivity index (χ3n) is 2.88. The fourth-order valence-corrected chi connectivity index (χ4v) is 2.17. The molecule has 0 aromatic carbocycles. The lowest BCUT2D eigenvalue weighted by atomic mass is 9.94. The number of allylic oxidation sites excluding steroid dienone is 2. The topological polar surface area (TPSA) is 3.24 Å². The summed E-state index contributed by atoms with van der Waals surface area (Å²) in [6, 6.07) is 0.833. The van der Waals surface area contributed by atoms with E-state index in [4.69, 9.17) is 0 Å². The first kappa shape index (κ1) is 7.90. The zero-order chi connectivity index (χ0) is 8.23. The fourth-order valence-electron chi connectivity index (χ4n) is 2.17. The highest BCUT2D eigenvalue weighted by Gasteiger charge is 2.17. The standard InChI is InChI=1S/C11H17N/c1-3-7-11(8-4-1)12-9-5-2-6-10-12/h2,5-6,9,11H,1,3-4,7-8,10H2. The highest BCUT2D eigenvalue weighted by Crippen LogP contribution is 2.23. The summed E-state index contributed by atoms with van der Waals surface area (Å²) in [6.07, 6.45) is 15.9. The Kier molecular flexibility index (Phi) is 2.50. The summed E-state index contributed by atoms with van der Waals surface area (Å²) < 4.78 is 0. The van der Waals surface area contributed by atoms with Gasteiger partial charge in [-0.25, -0.2) is 0 Å². The van der Waals surface area contributed by atoms with Crippen LogP contribution < -0.4 is 0 Å². The number of rotatable bonds is 1. The molecule has 1 heterocycles. The van der Waals surface area contributed by atoms with Crippen molar-refractivity contribution >= 4 is 0 Å². The molecule has 1 aliphatic heterocycles. The van der Waals surface area contributed by atoms with Crippen LogP contribution in [0.1, 0.15) is 32.1 Å². The Morgan fingerprint density at radius 3 is 2.50 bits per heavy atom. The lowest BCUT2D eigenvalue weighted by Gasteiger charge is -2.33. The summed E-state index contributed by atoms with van der Waals surface area (Å²) in [4.78, 5) is 2.49. The molecule has 1 heteroatoms. The van der Waals surface area contributed by atoms with Crippen molar-refractivity contribution < 1.29 is 0 Å². The van der Waals surface area contributed by atoms with Crippen LogP contribution >= 0.6 is 0 Å². The van der Waals surface area contributed by atoms with Gasteiger partial charge in [0, 0.05) is 12.6 Å². The molecule has 1 fully saturated rings. The molecule has 0 amide bonds. The molecule has 12 heavy (non-hydrogen) atoms. The van der Waals surface area contributed by atoms with Gasteiger partial charge in [-0.05, 0) is 25.1 Å². The third kappa shape index (κ3) is 1.71. The van der Waals surface area contributed by atoms with Gasteiger partial charge in [0.2, 0.25) is 0 Å². The van der Waals surface area contributed by atoms with Gasteiger partial charge >= 0.3 is 0 Å². The van der Waals surface area contributed by atoms with E-state index >= 15 is 0 Å². The van der Waals surface area contributed by atoms with E-state index in [0.717, 1.165) is 12.6 Å². The molecule has 1 saturated carbocycles.